The zero-order valence-electron chi connectivity index (χ0n) is 24.5. The van der Waals surface area contributed by atoms with Crippen LogP contribution in [0.25, 0.3) is 10.1 Å². The molecule has 1 aromatic heterocycles. The summed E-state index contributed by atoms with van der Waals surface area (Å²) in [5.41, 5.74) is 2.11. The minimum atomic E-state index is -1.36. The van der Waals surface area contributed by atoms with E-state index in [4.69, 9.17) is 28.4 Å². The maximum atomic E-state index is 12.2. The maximum Gasteiger partial charge on any atom is 0.335 e. The Morgan fingerprint density at radius 1 is 0.795 bits per heavy atom. The van der Waals surface area contributed by atoms with Crippen LogP contribution in [0.5, 0.6) is 5.75 Å². The number of ether oxygens (including phenoxy) is 6. The number of hydrogen-bond donors (Lipinski definition) is 1. The Bertz CT molecular complexity index is 1530. The number of carboxylic acid groups (broad SMARTS) is 1. The van der Waals surface area contributed by atoms with Gasteiger partial charge in [-0.2, -0.15) is 0 Å². The lowest BCUT2D eigenvalue weighted by atomic mass is 9.98. The number of rotatable bonds is 11. The second-order valence-corrected chi connectivity index (χ2v) is 11.0. The predicted molar refractivity (Wildman–Crippen MR) is 155 cm³/mol. The minimum absolute atomic E-state index is 0.204. The highest BCUT2D eigenvalue weighted by molar-refractivity contribution is 7.17. The molecule has 2 aromatic carbocycles. The highest BCUT2D eigenvalue weighted by Crippen LogP contribution is 2.38. The average Bonchev–Trinajstić information content (AvgIpc) is 3.37. The lowest BCUT2D eigenvalue weighted by Crippen LogP contribution is -2.63. The van der Waals surface area contributed by atoms with Crippen molar-refractivity contribution in [3.05, 3.63) is 64.5 Å². The Hall–Kier alpha value is -4.49. The van der Waals surface area contributed by atoms with E-state index in [-0.39, 0.29) is 12.2 Å². The van der Waals surface area contributed by atoms with E-state index < -0.39 is 60.6 Å². The van der Waals surface area contributed by atoms with Gasteiger partial charge in [0.25, 0.3) is 0 Å². The number of thiophene rings is 1. The molecule has 234 valence electrons. The zero-order chi connectivity index (χ0) is 32.0. The molecule has 0 bridgehead atoms. The fourth-order valence-electron chi connectivity index (χ4n) is 4.90. The van der Waals surface area contributed by atoms with Crippen LogP contribution in [0.15, 0.2) is 47.8 Å². The van der Waals surface area contributed by atoms with Gasteiger partial charge in [-0.05, 0) is 53.6 Å². The molecule has 0 amide bonds. The number of carbonyl (C=O) groups excluding carboxylic acids is 4. The van der Waals surface area contributed by atoms with Crippen molar-refractivity contribution in [3.8, 4) is 5.75 Å². The molecular formula is C31H32O12S. The third-order valence-electron chi connectivity index (χ3n) is 6.71. The molecule has 3 aromatic rings. The van der Waals surface area contributed by atoms with Crippen LogP contribution in [-0.4, -0.2) is 72.3 Å². The van der Waals surface area contributed by atoms with Crippen molar-refractivity contribution < 1.29 is 57.5 Å². The summed E-state index contributed by atoms with van der Waals surface area (Å²) >= 11 is 1.50. The first-order valence-electron chi connectivity index (χ1n) is 13.7. The van der Waals surface area contributed by atoms with Crippen molar-refractivity contribution in [2.45, 2.75) is 71.2 Å². The van der Waals surface area contributed by atoms with Crippen molar-refractivity contribution >= 4 is 51.3 Å². The van der Waals surface area contributed by atoms with Gasteiger partial charge in [0, 0.05) is 37.8 Å². The Morgan fingerprint density at radius 3 is 2.05 bits per heavy atom. The monoisotopic (exact) mass is 628 g/mol. The molecule has 5 atom stereocenters. The number of hydrogen-bond acceptors (Lipinski definition) is 12. The van der Waals surface area contributed by atoms with E-state index in [1.807, 2.05) is 11.4 Å². The summed E-state index contributed by atoms with van der Waals surface area (Å²) in [7, 11) is 0. The summed E-state index contributed by atoms with van der Waals surface area (Å²) in [6.45, 7) is 4.29. The molecule has 4 rings (SSSR count). The molecule has 0 unspecified atom stereocenters. The number of carboxylic acids is 1. The first-order chi connectivity index (χ1) is 20.9. The van der Waals surface area contributed by atoms with Gasteiger partial charge in [-0.25, -0.2) is 4.79 Å². The summed E-state index contributed by atoms with van der Waals surface area (Å²) in [4.78, 5) is 59.1. The van der Waals surface area contributed by atoms with Gasteiger partial charge in [0.05, 0.1) is 5.56 Å². The largest absolute Gasteiger partial charge is 0.478 e. The normalized spacial score (nSPS) is 21.2. The van der Waals surface area contributed by atoms with Crippen LogP contribution in [0, 0.1) is 0 Å². The van der Waals surface area contributed by atoms with Gasteiger partial charge >= 0.3 is 29.8 Å². The number of fused-ring (bicyclic) bond motifs is 1. The van der Waals surface area contributed by atoms with Crippen LogP contribution in [0.2, 0.25) is 0 Å². The first kappa shape index (κ1) is 32.4. The standard InChI is InChI=1S/C31H32O12S/c1-16(32)38-14-24-27(39-17(2)33)28(40-18(3)34)29(41-19(4)35)31(43-24)42-23-6-5-7-25-26(23)22(15-44-25)13-10-20-8-11-21(12-9-20)30(36)37/h5-9,11-12,15,24,27-29,31H,10,13-14H2,1-4H3,(H,36,37)/t24-,27-,28+,29-,31-/m1/s1. The average molecular weight is 629 g/mol. The fraction of sp³-hybridized carbons (Fsp3) is 0.387. The van der Waals surface area contributed by atoms with E-state index in [0.717, 1.165) is 42.0 Å². The van der Waals surface area contributed by atoms with Crippen molar-refractivity contribution in [1.82, 2.24) is 0 Å². The Balaban J connectivity index is 1.68. The van der Waals surface area contributed by atoms with Crippen LogP contribution in [0.3, 0.4) is 0 Å². The van der Waals surface area contributed by atoms with Gasteiger partial charge < -0.3 is 33.5 Å². The molecule has 12 nitrogen and oxygen atoms in total. The highest BCUT2D eigenvalue weighted by Gasteiger charge is 2.53. The molecule has 0 aliphatic carbocycles. The second kappa shape index (κ2) is 14.3. The molecule has 1 fully saturated rings. The van der Waals surface area contributed by atoms with Crippen LogP contribution < -0.4 is 4.74 Å². The Labute approximate surface area is 256 Å². The highest BCUT2D eigenvalue weighted by atomic mass is 32.1. The van der Waals surface area contributed by atoms with Crippen LogP contribution in [0.4, 0.5) is 0 Å². The molecule has 0 radical (unpaired) electrons. The maximum absolute atomic E-state index is 12.2. The van der Waals surface area contributed by atoms with Gasteiger partial charge in [0.15, 0.2) is 12.2 Å². The SMILES string of the molecule is CC(=O)OC[C@H]1O[C@@H](Oc2cccc3scc(CCc4ccc(C(=O)O)cc4)c23)[C@H](OC(C)=O)[C@@H](OC(C)=O)[C@@H]1OC(C)=O. The van der Waals surface area contributed by atoms with Crippen molar-refractivity contribution in [2.75, 3.05) is 6.61 Å². The minimum Gasteiger partial charge on any atom is -0.478 e. The number of benzene rings is 2. The third-order valence-corrected chi connectivity index (χ3v) is 7.71. The molecule has 44 heavy (non-hydrogen) atoms. The van der Waals surface area contributed by atoms with Crippen LogP contribution in [-0.2, 0) is 55.7 Å². The summed E-state index contributed by atoms with van der Waals surface area (Å²) in [6, 6.07) is 12.1. The Morgan fingerprint density at radius 2 is 1.43 bits per heavy atom. The summed E-state index contributed by atoms with van der Waals surface area (Å²) < 4.78 is 35.0. The molecule has 1 aliphatic heterocycles. The molecule has 1 saturated heterocycles. The smallest absolute Gasteiger partial charge is 0.335 e. The van der Waals surface area contributed by atoms with E-state index in [0.29, 0.717) is 18.6 Å². The molecule has 2 heterocycles. The van der Waals surface area contributed by atoms with Crippen molar-refractivity contribution in [1.29, 1.82) is 0 Å². The van der Waals surface area contributed by atoms with Crippen molar-refractivity contribution in [3.63, 3.8) is 0 Å². The van der Waals surface area contributed by atoms with E-state index in [2.05, 4.69) is 0 Å². The van der Waals surface area contributed by atoms with E-state index in [1.54, 1.807) is 36.4 Å². The molecule has 13 heteroatoms. The molecule has 1 N–H and O–H groups in total. The van der Waals surface area contributed by atoms with Gasteiger partial charge in [0.1, 0.15) is 18.5 Å². The second-order valence-electron chi connectivity index (χ2n) is 10.1. The molecule has 0 spiro atoms. The number of esters is 4. The summed E-state index contributed by atoms with van der Waals surface area (Å²) in [5, 5.41) is 12.0. The molecule has 0 saturated carbocycles. The van der Waals surface area contributed by atoms with Crippen molar-refractivity contribution in [2.24, 2.45) is 0 Å². The van der Waals surface area contributed by atoms with E-state index >= 15 is 0 Å². The number of aromatic carboxylic acids is 1. The fourth-order valence-corrected chi connectivity index (χ4v) is 5.91. The Kier molecular flexibility index (Phi) is 10.6. The van der Waals surface area contributed by atoms with Gasteiger partial charge in [-0.1, -0.05) is 18.2 Å². The molecular weight excluding hydrogens is 596 g/mol. The lowest BCUT2D eigenvalue weighted by Gasteiger charge is -2.44. The lowest BCUT2D eigenvalue weighted by molar-refractivity contribution is -0.288. The van der Waals surface area contributed by atoms with Crippen LogP contribution in [0.1, 0.15) is 49.2 Å². The topological polar surface area (TPSA) is 161 Å². The van der Waals surface area contributed by atoms with Gasteiger partial charge in [-0.15, -0.1) is 11.3 Å². The van der Waals surface area contributed by atoms with E-state index in [1.165, 1.54) is 18.3 Å². The quantitative estimate of drug-likeness (QED) is 0.242. The summed E-state index contributed by atoms with van der Waals surface area (Å²) in [5.74, 6) is -3.42. The van der Waals surface area contributed by atoms with E-state index in [9.17, 15) is 29.1 Å². The third kappa shape index (κ3) is 8.11. The number of carbonyl (C=O) groups is 5. The first-order valence-corrected chi connectivity index (χ1v) is 14.6. The van der Waals surface area contributed by atoms with Gasteiger partial charge in [-0.3, -0.25) is 19.2 Å². The van der Waals surface area contributed by atoms with Gasteiger partial charge in [0.2, 0.25) is 12.4 Å². The zero-order valence-corrected chi connectivity index (χ0v) is 25.3. The number of aryl methyl sites for hydroxylation is 2. The van der Waals surface area contributed by atoms with Crippen LogP contribution >= 0.6 is 11.3 Å². The predicted octanol–water partition coefficient (Wildman–Crippen LogP) is 3.85. The summed E-state index contributed by atoms with van der Waals surface area (Å²) in [6.07, 6.45) is -5.28. The molecule has 1 aliphatic rings.